The monoisotopic (exact) mass is 337 g/mol. The number of fused-ring (bicyclic) bond motifs is 1. The molecule has 1 aromatic heterocycles. The lowest BCUT2D eigenvalue weighted by Gasteiger charge is -2.08. The highest BCUT2D eigenvalue weighted by Gasteiger charge is 2.13. The van der Waals surface area contributed by atoms with E-state index in [4.69, 9.17) is 5.73 Å². The molecular weight excluding hydrogens is 328 g/mol. The van der Waals surface area contributed by atoms with Crippen LogP contribution in [0.3, 0.4) is 0 Å². The molecule has 3 nitrogen and oxygen atoms in total. The highest BCUT2D eigenvalue weighted by atomic mass is 79.9. The van der Waals surface area contributed by atoms with E-state index in [9.17, 15) is 8.78 Å². The van der Waals surface area contributed by atoms with Gasteiger partial charge in [0.2, 0.25) is 5.95 Å². The molecule has 0 saturated carbocycles. The molecule has 0 atom stereocenters. The standard InChI is InChI=1S/C14H10BrF2N3/c1-7-2-8(16)4-9(3-7)20-13-6-11(17)10(15)5-12(13)19-14(20)18/h2-6H,1H3,(H2,18,19). The molecule has 3 aromatic rings. The first-order valence-electron chi connectivity index (χ1n) is 5.86. The second-order valence-electron chi connectivity index (χ2n) is 4.55. The zero-order valence-corrected chi connectivity index (χ0v) is 12.1. The molecule has 0 aliphatic carbocycles. The van der Waals surface area contributed by atoms with Crippen LogP contribution in [0, 0.1) is 18.6 Å². The Hall–Kier alpha value is -1.95. The van der Waals surface area contributed by atoms with Crippen LogP contribution < -0.4 is 5.73 Å². The van der Waals surface area contributed by atoms with Crippen molar-refractivity contribution < 1.29 is 8.78 Å². The minimum atomic E-state index is -0.424. The summed E-state index contributed by atoms with van der Waals surface area (Å²) in [4.78, 5) is 4.17. The van der Waals surface area contributed by atoms with Crippen molar-refractivity contribution in [2.75, 3.05) is 5.73 Å². The van der Waals surface area contributed by atoms with Crippen molar-refractivity contribution in [3.05, 3.63) is 52.0 Å². The van der Waals surface area contributed by atoms with E-state index in [1.165, 1.54) is 22.8 Å². The smallest absolute Gasteiger partial charge is 0.205 e. The summed E-state index contributed by atoms with van der Waals surface area (Å²) < 4.78 is 29.1. The SMILES string of the molecule is Cc1cc(F)cc(-n2c(N)nc3cc(Br)c(F)cc32)c1. The van der Waals surface area contributed by atoms with Gasteiger partial charge in [0.15, 0.2) is 0 Å². The molecule has 0 bridgehead atoms. The number of halogens is 3. The fourth-order valence-electron chi connectivity index (χ4n) is 2.21. The lowest BCUT2D eigenvalue weighted by atomic mass is 10.2. The van der Waals surface area contributed by atoms with Crippen LogP contribution in [0.4, 0.5) is 14.7 Å². The van der Waals surface area contributed by atoms with Gasteiger partial charge in [-0.2, -0.15) is 0 Å². The molecule has 2 aromatic carbocycles. The lowest BCUT2D eigenvalue weighted by molar-refractivity contribution is 0.622. The Balaban J connectivity index is 2.35. The molecule has 0 radical (unpaired) electrons. The van der Waals surface area contributed by atoms with Crippen LogP contribution in [0.2, 0.25) is 0 Å². The second kappa shape index (κ2) is 4.56. The number of rotatable bonds is 1. The number of imidazole rings is 1. The number of aromatic nitrogens is 2. The van der Waals surface area contributed by atoms with Crippen molar-refractivity contribution in [1.82, 2.24) is 9.55 Å². The topological polar surface area (TPSA) is 43.8 Å². The average molecular weight is 338 g/mol. The normalized spacial score (nSPS) is 11.2. The van der Waals surface area contributed by atoms with Gasteiger partial charge in [-0.3, -0.25) is 4.57 Å². The fourth-order valence-corrected chi connectivity index (χ4v) is 2.54. The molecule has 0 unspecified atom stereocenters. The molecule has 0 fully saturated rings. The molecule has 102 valence electrons. The number of aryl methyl sites for hydroxylation is 1. The molecule has 6 heteroatoms. The molecule has 0 aliphatic rings. The molecule has 1 heterocycles. The van der Waals surface area contributed by atoms with E-state index in [1.54, 1.807) is 19.1 Å². The van der Waals surface area contributed by atoms with Crippen molar-refractivity contribution in [2.45, 2.75) is 6.92 Å². The number of hydrogen-bond donors (Lipinski definition) is 1. The second-order valence-corrected chi connectivity index (χ2v) is 5.40. The third-order valence-electron chi connectivity index (χ3n) is 3.01. The quantitative estimate of drug-likeness (QED) is 0.730. The number of hydrogen-bond acceptors (Lipinski definition) is 2. The lowest BCUT2D eigenvalue weighted by Crippen LogP contribution is -2.01. The predicted molar refractivity (Wildman–Crippen MR) is 77.8 cm³/mol. The van der Waals surface area contributed by atoms with Gasteiger partial charge in [-0.15, -0.1) is 0 Å². The Morgan fingerprint density at radius 1 is 1.15 bits per heavy atom. The number of benzene rings is 2. The largest absolute Gasteiger partial charge is 0.369 e. The van der Waals surface area contributed by atoms with Crippen molar-refractivity contribution >= 4 is 32.9 Å². The van der Waals surface area contributed by atoms with Crippen LogP contribution in [0.1, 0.15) is 5.56 Å². The minimum absolute atomic E-state index is 0.183. The van der Waals surface area contributed by atoms with Crippen LogP contribution in [-0.4, -0.2) is 9.55 Å². The zero-order valence-electron chi connectivity index (χ0n) is 10.5. The summed E-state index contributed by atoms with van der Waals surface area (Å²) in [6.07, 6.45) is 0. The summed E-state index contributed by atoms with van der Waals surface area (Å²) in [6.45, 7) is 1.78. The van der Waals surface area contributed by atoms with Gasteiger partial charge in [-0.05, 0) is 52.7 Å². The van der Waals surface area contributed by atoms with Gasteiger partial charge in [0.05, 0.1) is 21.2 Å². The fraction of sp³-hybridized carbons (Fsp3) is 0.0714. The van der Waals surface area contributed by atoms with E-state index >= 15 is 0 Å². The van der Waals surface area contributed by atoms with Gasteiger partial charge in [-0.1, -0.05) is 0 Å². The van der Waals surface area contributed by atoms with E-state index < -0.39 is 5.82 Å². The molecule has 0 saturated heterocycles. The van der Waals surface area contributed by atoms with Gasteiger partial charge >= 0.3 is 0 Å². The summed E-state index contributed by atoms with van der Waals surface area (Å²) in [5.41, 5.74) is 8.18. The van der Waals surface area contributed by atoms with E-state index in [0.29, 0.717) is 21.2 Å². The molecular formula is C14H10BrF2N3. The number of nitrogens with zero attached hydrogens (tertiary/aromatic N) is 2. The zero-order chi connectivity index (χ0) is 14.4. The molecule has 0 amide bonds. The van der Waals surface area contributed by atoms with Gasteiger partial charge < -0.3 is 5.73 Å². The molecule has 0 spiro atoms. The summed E-state index contributed by atoms with van der Waals surface area (Å²) in [7, 11) is 0. The Morgan fingerprint density at radius 2 is 1.90 bits per heavy atom. The summed E-state index contributed by atoms with van der Waals surface area (Å²) >= 11 is 3.10. The van der Waals surface area contributed by atoms with Crippen molar-refractivity contribution in [3.63, 3.8) is 0 Å². The third-order valence-corrected chi connectivity index (χ3v) is 3.62. The maximum absolute atomic E-state index is 13.7. The van der Waals surface area contributed by atoms with Gasteiger partial charge in [-0.25, -0.2) is 13.8 Å². The Morgan fingerprint density at radius 3 is 2.60 bits per heavy atom. The van der Waals surface area contributed by atoms with E-state index in [0.717, 1.165) is 5.56 Å². The average Bonchev–Trinajstić information content (AvgIpc) is 2.64. The van der Waals surface area contributed by atoms with Gasteiger partial charge in [0.1, 0.15) is 11.6 Å². The first kappa shape index (κ1) is 13.1. The summed E-state index contributed by atoms with van der Waals surface area (Å²) in [5, 5.41) is 0. The molecule has 20 heavy (non-hydrogen) atoms. The highest BCUT2D eigenvalue weighted by Crippen LogP contribution is 2.28. The molecule has 3 rings (SSSR count). The van der Waals surface area contributed by atoms with Crippen LogP contribution in [-0.2, 0) is 0 Å². The third kappa shape index (κ3) is 2.06. The van der Waals surface area contributed by atoms with Crippen LogP contribution >= 0.6 is 15.9 Å². The van der Waals surface area contributed by atoms with Gasteiger partial charge in [0, 0.05) is 6.07 Å². The maximum atomic E-state index is 13.7. The van der Waals surface area contributed by atoms with E-state index in [-0.39, 0.29) is 11.8 Å². The van der Waals surface area contributed by atoms with E-state index in [2.05, 4.69) is 20.9 Å². The highest BCUT2D eigenvalue weighted by molar-refractivity contribution is 9.10. The van der Waals surface area contributed by atoms with Crippen LogP contribution in [0.5, 0.6) is 0 Å². The molecule has 2 N–H and O–H groups in total. The first-order chi connectivity index (χ1) is 9.45. The minimum Gasteiger partial charge on any atom is -0.369 e. The molecule has 0 aliphatic heterocycles. The predicted octanol–water partition coefficient (Wildman–Crippen LogP) is 3.96. The summed E-state index contributed by atoms with van der Waals surface area (Å²) in [5.74, 6) is -0.617. The van der Waals surface area contributed by atoms with Crippen molar-refractivity contribution in [2.24, 2.45) is 0 Å². The number of anilines is 1. The number of nitrogens with two attached hydrogens (primary N) is 1. The Kier molecular flexibility index (Phi) is 2.97. The van der Waals surface area contributed by atoms with Crippen LogP contribution in [0.15, 0.2) is 34.8 Å². The Bertz CT molecular complexity index is 807. The Labute approximate surface area is 122 Å². The maximum Gasteiger partial charge on any atom is 0.205 e. The van der Waals surface area contributed by atoms with Crippen molar-refractivity contribution in [1.29, 1.82) is 0 Å². The summed E-state index contributed by atoms with van der Waals surface area (Å²) in [6, 6.07) is 7.38. The number of nitrogen functional groups attached to an aromatic ring is 1. The first-order valence-corrected chi connectivity index (χ1v) is 6.65. The van der Waals surface area contributed by atoms with Crippen LogP contribution in [0.25, 0.3) is 16.7 Å². The van der Waals surface area contributed by atoms with Crippen molar-refractivity contribution in [3.8, 4) is 5.69 Å². The van der Waals surface area contributed by atoms with Gasteiger partial charge in [0.25, 0.3) is 0 Å². The van der Waals surface area contributed by atoms with E-state index in [1.807, 2.05) is 0 Å².